The Morgan fingerprint density at radius 2 is 1.84 bits per heavy atom. The highest BCUT2D eigenvalue weighted by Crippen LogP contribution is 2.02. The number of esters is 1. The van der Waals surface area contributed by atoms with Gasteiger partial charge in [0.15, 0.2) is 6.61 Å². The normalized spacial score (nSPS) is 11.1. The molecule has 1 rings (SSSR count). The lowest BCUT2D eigenvalue weighted by atomic mass is 10.2. The molecule has 0 saturated carbocycles. The van der Waals surface area contributed by atoms with Gasteiger partial charge in [-0.05, 0) is 18.6 Å². The molecule has 136 valence electrons. The standard InChI is InChI=1S/C15H19N3O6S/c1-2-16-15(21)18-13(19)11-24-14(20)10-17-25(22,23)9-8-12-6-4-3-5-7-12/h3-9,17H,2,10-11H2,1H3,(H2,16,18,19,21)/b9-8+. The Hall–Kier alpha value is -2.72. The zero-order chi connectivity index (χ0) is 18.7. The van der Waals surface area contributed by atoms with Gasteiger partial charge in [-0.25, -0.2) is 17.9 Å². The molecule has 9 nitrogen and oxygen atoms in total. The van der Waals surface area contributed by atoms with Crippen LogP contribution in [0.1, 0.15) is 12.5 Å². The summed E-state index contributed by atoms with van der Waals surface area (Å²) in [6, 6.07) is 8.02. The fourth-order valence-corrected chi connectivity index (χ4v) is 2.26. The number of ether oxygens (including phenoxy) is 1. The second-order valence-corrected chi connectivity index (χ2v) is 6.30. The highest BCUT2D eigenvalue weighted by molar-refractivity contribution is 7.92. The van der Waals surface area contributed by atoms with Crippen molar-refractivity contribution in [3.63, 3.8) is 0 Å². The van der Waals surface area contributed by atoms with Crippen molar-refractivity contribution in [2.75, 3.05) is 19.7 Å². The molecule has 0 aliphatic rings. The number of nitrogens with one attached hydrogen (secondary N) is 3. The largest absolute Gasteiger partial charge is 0.455 e. The van der Waals surface area contributed by atoms with Crippen molar-refractivity contribution in [3.8, 4) is 0 Å². The van der Waals surface area contributed by atoms with Crippen LogP contribution in [0.15, 0.2) is 35.7 Å². The smallest absolute Gasteiger partial charge is 0.321 e. The lowest BCUT2D eigenvalue weighted by Gasteiger charge is -2.06. The van der Waals surface area contributed by atoms with Crippen LogP contribution in [0.3, 0.4) is 0 Å². The molecule has 0 bridgehead atoms. The molecule has 1 aromatic rings. The lowest BCUT2D eigenvalue weighted by molar-refractivity contribution is -0.147. The Morgan fingerprint density at radius 1 is 1.16 bits per heavy atom. The van der Waals surface area contributed by atoms with Gasteiger partial charge in [0, 0.05) is 12.0 Å². The van der Waals surface area contributed by atoms with Crippen LogP contribution in [0.2, 0.25) is 0 Å². The zero-order valence-corrected chi connectivity index (χ0v) is 14.3. The third-order valence-corrected chi connectivity index (χ3v) is 3.65. The van der Waals surface area contributed by atoms with Crippen LogP contribution >= 0.6 is 0 Å². The molecule has 0 aromatic heterocycles. The van der Waals surface area contributed by atoms with Crippen LogP contribution in [-0.4, -0.2) is 46.0 Å². The van der Waals surface area contributed by atoms with Crippen LogP contribution in [0.25, 0.3) is 6.08 Å². The zero-order valence-electron chi connectivity index (χ0n) is 13.5. The number of hydrogen-bond acceptors (Lipinski definition) is 6. The maximum Gasteiger partial charge on any atom is 0.321 e. The minimum absolute atomic E-state index is 0.331. The summed E-state index contributed by atoms with van der Waals surface area (Å²) in [4.78, 5) is 33.8. The quantitative estimate of drug-likeness (QED) is 0.552. The first-order chi connectivity index (χ1) is 11.8. The van der Waals surface area contributed by atoms with Crippen LogP contribution < -0.4 is 15.4 Å². The fourth-order valence-electron chi connectivity index (χ4n) is 1.50. The van der Waals surface area contributed by atoms with Gasteiger partial charge in [0.25, 0.3) is 5.91 Å². The number of hydrogen-bond donors (Lipinski definition) is 3. The van der Waals surface area contributed by atoms with Crippen LogP contribution in [0.5, 0.6) is 0 Å². The topological polar surface area (TPSA) is 131 Å². The number of benzene rings is 1. The predicted octanol–water partition coefficient (Wildman–Crippen LogP) is -0.0344. The highest BCUT2D eigenvalue weighted by atomic mass is 32.2. The summed E-state index contributed by atoms with van der Waals surface area (Å²) in [5.41, 5.74) is 0.678. The van der Waals surface area contributed by atoms with Gasteiger partial charge in [-0.15, -0.1) is 0 Å². The van der Waals surface area contributed by atoms with Crippen molar-refractivity contribution >= 4 is 34.0 Å². The first-order valence-electron chi connectivity index (χ1n) is 7.28. The Labute approximate surface area is 145 Å². The van der Waals surface area contributed by atoms with Gasteiger partial charge < -0.3 is 10.1 Å². The van der Waals surface area contributed by atoms with Crippen molar-refractivity contribution in [2.24, 2.45) is 0 Å². The van der Waals surface area contributed by atoms with E-state index in [2.05, 4.69) is 10.1 Å². The van der Waals surface area contributed by atoms with E-state index >= 15 is 0 Å². The van der Waals surface area contributed by atoms with Gasteiger partial charge in [-0.1, -0.05) is 30.3 Å². The fraction of sp³-hybridized carbons (Fsp3) is 0.267. The van der Waals surface area contributed by atoms with E-state index in [1.807, 2.05) is 10.0 Å². The Bertz CT molecular complexity index is 731. The van der Waals surface area contributed by atoms with Crippen molar-refractivity contribution in [3.05, 3.63) is 41.3 Å². The maximum atomic E-state index is 11.7. The van der Waals surface area contributed by atoms with E-state index in [9.17, 15) is 22.8 Å². The number of imide groups is 1. The van der Waals surface area contributed by atoms with Gasteiger partial charge >= 0.3 is 12.0 Å². The van der Waals surface area contributed by atoms with Gasteiger partial charge in [0.05, 0.1) is 0 Å². The molecule has 0 aliphatic carbocycles. The molecule has 0 heterocycles. The second-order valence-electron chi connectivity index (χ2n) is 4.65. The number of urea groups is 1. The summed E-state index contributed by atoms with van der Waals surface area (Å²) >= 11 is 0. The van der Waals surface area contributed by atoms with Gasteiger partial charge in [-0.3, -0.25) is 14.9 Å². The predicted molar refractivity (Wildman–Crippen MR) is 90.6 cm³/mol. The van der Waals surface area contributed by atoms with Gasteiger partial charge in [-0.2, -0.15) is 0 Å². The summed E-state index contributed by atoms with van der Waals surface area (Å²) in [5.74, 6) is -1.78. The highest BCUT2D eigenvalue weighted by Gasteiger charge is 2.13. The summed E-state index contributed by atoms with van der Waals surface area (Å²) < 4.78 is 30.0. The molecule has 0 spiro atoms. The summed E-state index contributed by atoms with van der Waals surface area (Å²) in [6.45, 7) is 0.660. The summed E-state index contributed by atoms with van der Waals surface area (Å²) in [5, 5.41) is 5.17. The van der Waals surface area contributed by atoms with Gasteiger partial charge in [0.2, 0.25) is 10.0 Å². The molecule has 3 N–H and O–H groups in total. The SMILES string of the molecule is CCNC(=O)NC(=O)COC(=O)CNS(=O)(=O)/C=C/c1ccccc1. The first kappa shape index (κ1) is 20.3. The van der Waals surface area contributed by atoms with Gasteiger partial charge in [0.1, 0.15) is 6.54 Å². The summed E-state index contributed by atoms with van der Waals surface area (Å²) in [6.07, 6.45) is 1.37. The van der Waals surface area contributed by atoms with E-state index in [-0.39, 0.29) is 0 Å². The van der Waals surface area contributed by atoms with Crippen molar-refractivity contribution in [1.82, 2.24) is 15.4 Å². The third kappa shape index (κ3) is 9.23. The van der Waals surface area contributed by atoms with Crippen molar-refractivity contribution in [1.29, 1.82) is 0 Å². The number of carbonyl (C=O) groups is 3. The molecular formula is C15H19N3O6S. The molecular weight excluding hydrogens is 350 g/mol. The lowest BCUT2D eigenvalue weighted by Crippen LogP contribution is -2.41. The molecule has 1 aromatic carbocycles. The van der Waals surface area contributed by atoms with Crippen LogP contribution in [-0.2, 0) is 24.3 Å². The minimum atomic E-state index is -3.84. The molecule has 0 fully saturated rings. The summed E-state index contributed by atoms with van der Waals surface area (Å²) in [7, 11) is -3.84. The average Bonchev–Trinajstić information content (AvgIpc) is 2.58. The van der Waals surface area contributed by atoms with Crippen LogP contribution in [0, 0.1) is 0 Å². The number of rotatable bonds is 8. The molecule has 0 unspecified atom stereocenters. The Kier molecular flexibility index (Phi) is 8.30. The first-order valence-corrected chi connectivity index (χ1v) is 8.83. The second kappa shape index (κ2) is 10.2. The number of sulfonamides is 1. The van der Waals surface area contributed by atoms with E-state index in [0.717, 1.165) is 5.41 Å². The monoisotopic (exact) mass is 369 g/mol. The third-order valence-electron chi connectivity index (χ3n) is 2.61. The number of amides is 3. The van der Waals surface area contributed by atoms with E-state index in [1.54, 1.807) is 37.3 Å². The molecule has 0 saturated heterocycles. The van der Waals surface area contributed by atoms with E-state index < -0.39 is 41.1 Å². The van der Waals surface area contributed by atoms with E-state index in [1.165, 1.54) is 6.08 Å². The Balaban J connectivity index is 2.36. The molecule has 0 atom stereocenters. The molecule has 10 heteroatoms. The molecule has 0 aliphatic heterocycles. The van der Waals surface area contributed by atoms with Crippen LogP contribution in [0.4, 0.5) is 4.79 Å². The average molecular weight is 369 g/mol. The molecule has 25 heavy (non-hydrogen) atoms. The molecule has 3 amide bonds. The van der Waals surface area contributed by atoms with E-state index in [4.69, 9.17) is 0 Å². The number of carbonyl (C=O) groups excluding carboxylic acids is 3. The van der Waals surface area contributed by atoms with Crippen molar-refractivity contribution < 1.29 is 27.5 Å². The van der Waals surface area contributed by atoms with Crippen molar-refractivity contribution in [2.45, 2.75) is 6.92 Å². The maximum absolute atomic E-state index is 11.7. The minimum Gasteiger partial charge on any atom is -0.455 e. The molecule has 0 radical (unpaired) electrons. The Morgan fingerprint density at radius 3 is 2.48 bits per heavy atom. The van der Waals surface area contributed by atoms with E-state index in [0.29, 0.717) is 12.1 Å².